The second-order valence-corrected chi connectivity index (χ2v) is 7.72. The SMILES string of the molecule is CCOC(=O)C1=C(C(=O)OCC)N(c2ccccc2)C(c2ccccc2)N(c2ccccc2)C1. The van der Waals surface area contributed by atoms with E-state index in [1.54, 1.807) is 13.8 Å². The quantitative estimate of drug-likeness (QED) is 0.462. The maximum absolute atomic E-state index is 13.4. The molecule has 1 heterocycles. The molecular weight excluding hydrogens is 428 g/mol. The maximum atomic E-state index is 13.4. The van der Waals surface area contributed by atoms with Crippen LogP contribution in [0.5, 0.6) is 0 Å². The Morgan fingerprint density at radius 1 is 0.735 bits per heavy atom. The minimum absolute atomic E-state index is 0.194. The second kappa shape index (κ2) is 10.7. The summed E-state index contributed by atoms with van der Waals surface area (Å²) >= 11 is 0. The molecule has 0 amide bonds. The van der Waals surface area contributed by atoms with Gasteiger partial charge in [0.1, 0.15) is 11.9 Å². The summed E-state index contributed by atoms with van der Waals surface area (Å²) in [7, 11) is 0. The standard InChI is InChI=1S/C28H28N2O4/c1-3-33-27(31)24-20-29(22-16-10-6-11-17-22)26(21-14-8-5-9-15-21)30(23-18-12-7-13-19-23)25(24)28(32)34-4-2/h5-19,26H,3-4,20H2,1-2H3. The van der Waals surface area contributed by atoms with Gasteiger partial charge >= 0.3 is 11.9 Å². The van der Waals surface area contributed by atoms with Gasteiger partial charge in [-0.15, -0.1) is 0 Å². The third-order valence-corrected chi connectivity index (χ3v) is 5.61. The van der Waals surface area contributed by atoms with Crippen LogP contribution < -0.4 is 9.80 Å². The zero-order valence-corrected chi connectivity index (χ0v) is 19.4. The average Bonchev–Trinajstić information content (AvgIpc) is 2.89. The third-order valence-electron chi connectivity index (χ3n) is 5.61. The molecular formula is C28H28N2O4. The van der Waals surface area contributed by atoms with Crippen molar-refractivity contribution in [1.82, 2.24) is 0 Å². The molecule has 6 heteroatoms. The normalized spacial score (nSPS) is 15.8. The minimum Gasteiger partial charge on any atom is -0.463 e. The van der Waals surface area contributed by atoms with E-state index in [0.717, 1.165) is 16.9 Å². The van der Waals surface area contributed by atoms with Crippen molar-refractivity contribution >= 4 is 23.3 Å². The molecule has 0 radical (unpaired) electrons. The van der Waals surface area contributed by atoms with Crippen LogP contribution in [0.1, 0.15) is 25.6 Å². The van der Waals surface area contributed by atoms with Crippen molar-refractivity contribution < 1.29 is 19.1 Å². The molecule has 4 rings (SSSR count). The van der Waals surface area contributed by atoms with Crippen molar-refractivity contribution in [2.75, 3.05) is 29.6 Å². The van der Waals surface area contributed by atoms with Crippen LogP contribution in [0.15, 0.2) is 102 Å². The first-order chi connectivity index (χ1) is 16.7. The van der Waals surface area contributed by atoms with E-state index in [2.05, 4.69) is 4.90 Å². The first kappa shape index (κ1) is 23.1. The Bertz CT molecular complexity index is 1150. The lowest BCUT2D eigenvalue weighted by atomic mass is 9.99. The fraction of sp³-hybridized carbons (Fsp3) is 0.214. The van der Waals surface area contributed by atoms with Crippen LogP contribution in [0.4, 0.5) is 11.4 Å². The Balaban J connectivity index is 2.01. The number of rotatable bonds is 7. The molecule has 34 heavy (non-hydrogen) atoms. The van der Waals surface area contributed by atoms with Crippen molar-refractivity contribution in [2.24, 2.45) is 0 Å². The molecule has 0 aliphatic carbocycles. The number of benzene rings is 3. The van der Waals surface area contributed by atoms with E-state index in [1.165, 1.54) is 0 Å². The van der Waals surface area contributed by atoms with Crippen LogP contribution >= 0.6 is 0 Å². The molecule has 0 fully saturated rings. The maximum Gasteiger partial charge on any atom is 0.355 e. The molecule has 1 unspecified atom stereocenters. The van der Waals surface area contributed by atoms with Crippen LogP contribution in [0.25, 0.3) is 0 Å². The second-order valence-electron chi connectivity index (χ2n) is 7.72. The fourth-order valence-electron chi connectivity index (χ4n) is 4.20. The van der Waals surface area contributed by atoms with Gasteiger partial charge in [-0.3, -0.25) is 0 Å². The first-order valence-electron chi connectivity index (χ1n) is 11.4. The van der Waals surface area contributed by atoms with Gasteiger partial charge in [0.25, 0.3) is 0 Å². The van der Waals surface area contributed by atoms with Gasteiger partial charge in [0.05, 0.1) is 25.3 Å². The van der Waals surface area contributed by atoms with Crippen molar-refractivity contribution in [2.45, 2.75) is 20.0 Å². The van der Waals surface area contributed by atoms with Gasteiger partial charge in [-0.05, 0) is 43.7 Å². The minimum atomic E-state index is -0.553. The summed E-state index contributed by atoms with van der Waals surface area (Å²) < 4.78 is 10.8. The van der Waals surface area contributed by atoms with E-state index >= 15 is 0 Å². The van der Waals surface area contributed by atoms with Gasteiger partial charge in [-0.1, -0.05) is 66.7 Å². The predicted molar refractivity (Wildman–Crippen MR) is 132 cm³/mol. The zero-order chi connectivity index (χ0) is 23.9. The summed E-state index contributed by atoms with van der Waals surface area (Å²) in [6, 6.07) is 29.4. The van der Waals surface area contributed by atoms with Crippen LogP contribution in [0.3, 0.4) is 0 Å². The molecule has 0 spiro atoms. The number of anilines is 2. The van der Waals surface area contributed by atoms with E-state index < -0.39 is 18.1 Å². The number of ether oxygens (including phenoxy) is 2. The van der Waals surface area contributed by atoms with E-state index in [0.29, 0.717) is 0 Å². The van der Waals surface area contributed by atoms with E-state index in [-0.39, 0.29) is 31.0 Å². The number of carbonyl (C=O) groups excluding carboxylic acids is 2. The van der Waals surface area contributed by atoms with Crippen LogP contribution in [-0.4, -0.2) is 31.7 Å². The molecule has 1 aliphatic rings. The van der Waals surface area contributed by atoms with Crippen LogP contribution in [-0.2, 0) is 19.1 Å². The first-order valence-corrected chi connectivity index (χ1v) is 11.4. The Kier molecular flexibility index (Phi) is 7.28. The molecule has 0 saturated heterocycles. The number of nitrogens with zero attached hydrogens (tertiary/aromatic N) is 2. The molecule has 1 atom stereocenters. The largest absolute Gasteiger partial charge is 0.463 e. The lowest BCUT2D eigenvalue weighted by Crippen LogP contribution is -2.50. The molecule has 0 bridgehead atoms. The molecule has 6 nitrogen and oxygen atoms in total. The molecule has 3 aromatic carbocycles. The van der Waals surface area contributed by atoms with Gasteiger partial charge in [0.2, 0.25) is 0 Å². The Labute approximate surface area is 200 Å². The molecule has 0 aromatic heterocycles. The molecule has 3 aromatic rings. The van der Waals surface area contributed by atoms with Crippen LogP contribution in [0.2, 0.25) is 0 Å². The van der Waals surface area contributed by atoms with E-state index in [9.17, 15) is 9.59 Å². The summed E-state index contributed by atoms with van der Waals surface area (Å²) in [5.74, 6) is -1.08. The monoisotopic (exact) mass is 456 g/mol. The zero-order valence-electron chi connectivity index (χ0n) is 19.4. The van der Waals surface area contributed by atoms with Crippen molar-refractivity contribution in [1.29, 1.82) is 0 Å². The van der Waals surface area contributed by atoms with Gasteiger partial charge < -0.3 is 19.3 Å². The van der Waals surface area contributed by atoms with Gasteiger partial charge in [-0.2, -0.15) is 0 Å². The lowest BCUT2D eigenvalue weighted by Gasteiger charge is -2.47. The Hall–Kier alpha value is -4.06. The van der Waals surface area contributed by atoms with Gasteiger partial charge in [0, 0.05) is 11.4 Å². The summed E-state index contributed by atoms with van der Waals surface area (Å²) in [5.41, 5.74) is 3.12. The third kappa shape index (κ3) is 4.66. The number of para-hydroxylation sites is 2. The average molecular weight is 457 g/mol. The molecule has 1 aliphatic heterocycles. The molecule has 174 valence electrons. The van der Waals surface area contributed by atoms with Crippen LogP contribution in [0, 0.1) is 0 Å². The topological polar surface area (TPSA) is 59.1 Å². The van der Waals surface area contributed by atoms with Gasteiger partial charge in [0.15, 0.2) is 0 Å². The highest BCUT2D eigenvalue weighted by molar-refractivity contribution is 6.04. The summed E-state index contributed by atoms with van der Waals surface area (Å²) in [5, 5.41) is 0. The predicted octanol–water partition coefficient (Wildman–Crippen LogP) is 5.09. The molecule has 0 N–H and O–H groups in total. The van der Waals surface area contributed by atoms with Crippen molar-refractivity contribution in [3.05, 3.63) is 108 Å². The van der Waals surface area contributed by atoms with Crippen molar-refractivity contribution in [3.63, 3.8) is 0 Å². The lowest BCUT2D eigenvalue weighted by molar-refractivity contribution is -0.142. The van der Waals surface area contributed by atoms with Crippen molar-refractivity contribution in [3.8, 4) is 0 Å². The highest BCUT2D eigenvalue weighted by Crippen LogP contribution is 2.41. The number of hydrogen-bond donors (Lipinski definition) is 0. The fourth-order valence-corrected chi connectivity index (χ4v) is 4.20. The Morgan fingerprint density at radius 3 is 1.79 bits per heavy atom. The number of hydrogen-bond acceptors (Lipinski definition) is 6. The summed E-state index contributed by atoms with van der Waals surface area (Å²) in [6.07, 6.45) is -0.399. The number of esters is 2. The summed E-state index contributed by atoms with van der Waals surface area (Å²) in [6.45, 7) is 4.10. The highest BCUT2D eigenvalue weighted by Gasteiger charge is 2.42. The van der Waals surface area contributed by atoms with E-state index in [4.69, 9.17) is 9.47 Å². The summed E-state index contributed by atoms with van der Waals surface area (Å²) in [4.78, 5) is 30.5. The van der Waals surface area contributed by atoms with Gasteiger partial charge in [-0.25, -0.2) is 9.59 Å². The van der Waals surface area contributed by atoms with E-state index in [1.807, 2.05) is 95.9 Å². The molecule has 0 saturated carbocycles. The Morgan fingerprint density at radius 2 is 1.24 bits per heavy atom. The smallest absolute Gasteiger partial charge is 0.355 e. The highest BCUT2D eigenvalue weighted by atomic mass is 16.5. The number of carbonyl (C=O) groups is 2.